The first kappa shape index (κ1) is 23.7. The van der Waals surface area contributed by atoms with E-state index in [2.05, 4.69) is 9.67 Å². The van der Waals surface area contributed by atoms with Crippen molar-refractivity contribution in [2.24, 2.45) is 0 Å². The average molecular weight is 468 g/mol. The molecule has 1 N–H and O–H groups in total. The molecule has 10 nitrogen and oxygen atoms in total. The van der Waals surface area contributed by atoms with E-state index in [1.165, 1.54) is 4.90 Å². The molecule has 2 amide bonds. The second-order valence-corrected chi connectivity index (χ2v) is 9.20. The number of carbonyl (C=O) groups is 2. The molecule has 0 bridgehead atoms. The maximum absolute atomic E-state index is 12.1. The number of carbonyl (C=O) groups excluding carboxylic acids is 1. The third-order valence-corrected chi connectivity index (χ3v) is 6.53. The van der Waals surface area contributed by atoms with Gasteiger partial charge >= 0.3 is 6.09 Å². The standard InChI is InChI=1S/C24H33N7O3/c1-17-6-7-18-19(31(17)24(33)34)8-9-20-23(18)26-21(10-13-29-12-5-11-25-29)30(20)15-14-28(4)16-22(32)27(2)3/h5,8-9,11-12,17H,6-7,10,13-16H2,1-4H3,(H,33,34)/t17-/m0/s1. The van der Waals surface area contributed by atoms with Gasteiger partial charge in [-0.25, -0.2) is 9.78 Å². The molecule has 3 heterocycles. The largest absolute Gasteiger partial charge is 0.465 e. The van der Waals surface area contributed by atoms with E-state index in [0.717, 1.165) is 41.0 Å². The SMILES string of the molecule is C[C@H]1CCc2c(ccc3c2nc(CCn2cccn2)n3CCN(C)CC(=O)N(C)C)N1C(=O)O. The summed E-state index contributed by atoms with van der Waals surface area (Å²) in [7, 11) is 5.46. The van der Waals surface area contributed by atoms with E-state index in [0.29, 0.717) is 32.6 Å². The number of carboxylic acid groups (broad SMARTS) is 1. The van der Waals surface area contributed by atoms with Crippen LogP contribution in [0, 0.1) is 0 Å². The van der Waals surface area contributed by atoms with Gasteiger partial charge in [-0.1, -0.05) is 0 Å². The van der Waals surface area contributed by atoms with Crippen LogP contribution in [0.15, 0.2) is 30.6 Å². The van der Waals surface area contributed by atoms with Crippen LogP contribution in [0.2, 0.25) is 0 Å². The normalized spacial score (nSPS) is 15.7. The summed E-state index contributed by atoms with van der Waals surface area (Å²) in [4.78, 5) is 34.1. The minimum Gasteiger partial charge on any atom is -0.465 e. The second kappa shape index (κ2) is 9.84. The Morgan fingerprint density at radius 3 is 2.68 bits per heavy atom. The summed E-state index contributed by atoms with van der Waals surface area (Å²) in [5.41, 5.74) is 3.60. The zero-order chi connectivity index (χ0) is 24.4. The predicted molar refractivity (Wildman–Crippen MR) is 130 cm³/mol. The maximum atomic E-state index is 12.1. The highest BCUT2D eigenvalue weighted by molar-refractivity contribution is 5.94. The number of hydrogen-bond donors (Lipinski definition) is 1. The molecular weight excluding hydrogens is 434 g/mol. The highest BCUT2D eigenvalue weighted by Gasteiger charge is 2.30. The van der Waals surface area contributed by atoms with Gasteiger partial charge in [0, 0.05) is 64.1 Å². The number of benzene rings is 1. The van der Waals surface area contributed by atoms with Crippen LogP contribution in [0.1, 0.15) is 24.7 Å². The zero-order valence-electron chi connectivity index (χ0n) is 20.3. The summed E-state index contributed by atoms with van der Waals surface area (Å²) in [5, 5.41) is 14.1. The highest BCUT2D eigenvalue weighted by Crippen LogP contribution is 2.36. The van der Waals surface area contributed by atoms with E-state index in [1.807, 2.05) is 47.9 Å². The quantitative estimate of drug-likeness (QED) is 0.546. The van der Waals surface area contributed by atoms with Crippen LogP contribution in [-0.2, 0) is 30.7 Å². The molecule has 2 aromatic heterocycles. The Kier molecular flexibility index (Phi) is 6.87. The zero-order valence-corrected chi connectivity index (χ0v) is 20.3. The molecule has 1 aliphatic rings. The van der Waals surface area contributed by atoms with E-state index < -0.39 is 6.09 Å². The Hall–Kier alpha value is -3.40. The molecule has 4 rings (SSSR count). The number of imidazole rings is 1. The van der Waals surface area contributed by atoms with Crippen LogP contribution < -0.4 is 4.90 Å². The molecule has 182 valence electrons. The van der Waals surface area contributed by atoms with Gasteiger partial charge in [0.1, 0.15) is 5.82 Å². The topological polar surface area (TPSA) is 99.7 Å². The highest BCUT2D eigenvalue weighted by atomic mass is 16.4. The molecule has 0 spiro atoms. The van der Waals surface area contributed by atoms with Crippen molar-refractivity contribution in [3.8, 4) is 0 Å². The molecule has 1 aromatic carbocycles. The van der Waals surface area contributed by atoms with Crippen LogP contribution >= 0.6 is 0 Å². The van der Waals surface area contributed by atoms with Gasteiger partial charge in [0.25, 0.3) is 0 Å². The van der Waals surface area contributed by atoms with Gasteiger partial charge in [0.15, 0.2) is 0 Å². The maximum Gasteiger partial charge on any atom is 0.412 e. The minimum absolute atomic E-state index is 0.0632. The van der Waals surface area contributed by atoms with Crippen LogP contribution in [-0.4, -0.2) is 86.5 Å². The Morgan fingerprint density at radius 1 is 1.21 bits per heavy atom. The Balaban J connectivity index is 1.67. The number of amides is 2. The number of nitrogens with zero attached hydrogens (tertiary/aromatic N) is 7. The number of aromatic nitrogens is 4. The molecule has 0 unspecified atom stereocenters. The molecular formula is C24H33N7O3. The molecule has 0 saturated carbocycles. The lowest BCUT2D eigenvalue weighted by Crippen LogP contribution is -2.41. The molecule has 1 atom stereocenters. The van der Waals surface area contributed by atoms with Gasteiger partial charge < -0.3 is 14.6 Å². The van der Waals surface area contributed by atoms with Crippen molar-refractivity contribution >= 4 is 28.7 Å². The summed E-state index contributed by atoms with van der Waals surface area (Å²) < 4.78 is 4.09. The minimum atomic E-state index is -0.932. The molecule has 34 heavy (non-hydrogen) atoms. The van der Waals surface area contributed by atoms with E-state index in [-0.39, 0.29) is 11.9 Å². The second-order valence-electron chi connectivity index (χ2n) is 9.20. The fraction of sp³-hybridized carbons (Fsp3) is 0.500. The molecule has 0 aliphatic carbocycles. The third-order valence-electron chi connectivity index (χ3n) is 6.53. The molecule has 0 saturated heterocycles. The summed E-state index contributed by atoms with van der Waals surface area (Å²) in [6.07, 6.45) is 5.02. The van der Waals surface area contributed by atoms with E-state index in [9.17, 15) is 14.7 Å². The van der Waals surface area contributed by atoms with E-state index in [4.69, 9.17) is 4.98 Å². The van der Waals surface area contributed by atoms with E-state index >= 15 is 0 Å². The summed E-state index contributed by atoms with van der Waals surface area (Å²) >= 11 is 0. The van der Waals surface area contributed by atoms with Crippen molar-refractivity contribution < 1.29 is 14.7 Å². The first-order chi connectivity index (χ1) is 16.3. The van der Waals surface area contributed by atoms with Crippen molar-refractivity contribution in [3.63, 3.8) is 0 Å². The van der Waals surface area contributed by atoms with Crippen LogP contribution in [0.25, 0.3) is 11.0 Å². The number of rotatable bonds is 8. The van der Waals surface area contributed by atoms with Crippen LogP contribution in [0.5, 0.6) is 0 Å². The van der Waals surface area contributed by atoms with Gasteiger partial charge in [0.05, 0.1) is 23.3 Å². The monoisotopic (exact) mass is 467 g/mol. The fourth-order valence-electron chi connectivity index (χ4n) is 4.58. The lowest BCUT2D eigenvalue weighted by Gasteiger charge is -2.33. The van der Waals surface area contributed by atoms with Gasteiger partial charge in [0.2, 0.25) is 5.91 Å². The molecule has 3 aromatic rings. The smallest absolute Gasteiger partial charge is 0.412 e. The van der Waals surface area contributed by atoms with Gasteiger partial charge in [-0.3, -0.25) is 19.3 Å². The summed E-state index contributed by atoms with van der Waals surface area (Å²) in [6, 6.07) is 5.73. The van der Waals surface area contributed by atoms with E-state index in [1.54, 1.807) is 25.2 Å². The number of fused-ring (bicyclic) bond motifs is 3. The third kappa shape index (κ3) is 4.77. The number of likely N-dealkylation sites (N-methyl/N-ethyl adjacent to an activating group) is 2. The first-order valence-electron chi connectivity index (χ1n) is 11.7. The number of hydrogen-bond acceptors (Lipinski definition) is 5. The molecule has 0 radical (unpaired) electrons. The Morgan fingerprint density at radius 2 is 2.00 bits per heavy atom. The predicted octanol–water partition coefficient (Wildman–Crippen LogP) is 2.31. The summed E-state index contributed by atoms with van der Waals surface area (Å²) in [5.74, 6) is 1.00. The molecule has 10 heteroatoms. The Bertz CT molecular complexity index is 1170. The van der Waals surface area contributed by atoms with Crippen LogP contribution in [0.4, 0.5) is 10.5 Å². The van der Waals surface area contributed by atoms with Crippen molar-refractivity contribution in [1.82, 2.24) is 29.1 Å². The summed E-state index contributed by atoms with van der Waals surface area (Å²) in [6.45, 7) is 4.37. The van der Waals surface area contributed by atoms with Crippen molar-refractivity contribution in [2.75, 3.05) is 39.1 Å². The van der Waals surface area contributed by atoms with Gasteiger partial charge in [-0.05, 0) is 45.0 Å². The average Bonchev–Trinajstić information content (AvgIpc) is 3.43. The van der Waals surface area contributed by atoms with Crippen molar-refractivity contribution in [3.05, 3.63) is 42.0 Å². The van der Waals surface area contributed by atoms with Gasteiger partial charge in [-0.15, -0.1) is 0 Å². The molecule has 1 aliphatic heterocycles. The lowest BCUT2D eigenvalue weighted by atomic mass is 9.96. The van der Waals surface area contributed by atoms with Gasteiger partial charge in [-0.2, -0.15) is 5.10 Å². The lowest BCUT2D eigenvalue weighted by molar-refractivity contribution is -0.129. The van der Waals surface area contributed by atoms with Crippen LogP contribution in [0.3, 0.4) is 0 Å². The first-order valence-corrected chi connectivity index (χ1v) is 11.7. The number of anilines is 1. The van der Waals surface area contributed by atoms with Crippen molar-refractivity contribution in [1.29, 1.82) is 0 Å². The van der Waals surface area contributed by atoms with Crippen molar-refractivity contribution in [2.45, 2.75) is 45.3 Å². The fourth-order valence-corrected chi connectivity index (χ4v) is 4.58. The molecule has 0 fully saturated rings. The number of aryl methyl sites for hydroxylation is 3. The Labute approximate surface area is 199 Å².